The number of nitrogens with one attached hydrogen (secondary N) is 1. The highest BCUT2D eigenvalue weighted by molar-refractivity contribution is 6.30. The first kappa shape index (κ1) is 13.1. The van der Waals surface area contributed by atoms with Crippen molar-refractivity contribution >= 4 is 23.4 Å². The third kappa shape index (κ3) is 2.29. The molecule has 1 heterocycles. The van der Waals surface area contributed by atoms with Crippen LogP contribution in [0.1, 0.15) is 11.5 Å². The minimum absolute atomic E-state index is 0.498. The average molecular weight is 274 g/mol. The van der Waals surface area contributed by atoms with Gasteiger partial charge in [-0.25, -0.2) is 0 Å². The van der Waals surface area contributed by atoms with Crippen LogP contribution >= 0.6 is 11.6 Å². The van der Waals surface area contributed by atoms with E-state index < -0.39 is 29.6 Å². The van der Waals surface area contributed by atoms with Gasteiger partial charge in [-0.3, -0.25) is 14.9 Å². The molecule has 1 saturated heterocycles. The van der Waals surface area contributed by atoms with Crippen molar-refractivity contribution in [2.45, 2.75) is 5.92 Å². The highest BCUT2D eigenvalue weighted by Crippen LogP contribution is 2.35. The molecule has 1 aliphatic heterocycles. The molecular weight excluding hydrogens is 266 g/mol. The number of piperidine rings is 1. The lowest BCUT2D eigenvalue weighted by Gasteiger charge is -2.29. The van der Waals surface area contributed by atoms with E-state index in [0.717, 1.165) is 0 Å². The van der Waals surface area contributed by atoms with Gasteiger partial charge in [-0.2, -0.15) is 10.5 Å². The van der Waals surface area contributed by atoms with Crippen molar-refractivity contribution in [2.24, 2.45) is 11.8 Å². The molecular formula is C13H8ClN3O2. The lowest BCUT2D eigenvalue weighted by molar-refractivity contribution is -0.137. The molecule has 19 heavy (non-hydrogen) atoms. The number of benzene rings is 1. The molecule has 0 saturated carbocycles. The number of hydrogen-bond acceptors (Lipinski definition) is 4. The highest BCUT2D eigenvalue weighted by atomic mass is 35.5. The summed E-state index contributed by atoms with van der Waals surface area (Å²) in [4.78, 5) is 23.3. The van der Waals surface area contributed by atoms with Crippen LogP contribution in [0.2, 0.25) is 5.02 Å². The van der Waals surface area contributed by atoms with Crippen LogP contribution < -0.4 is 5.32 Å². The average Bonchev–Trinajstić information content (AvgIpc) is 2.39. The summed E-state index contributed by atoms with van der Waals surface area (Å²) in [5.41, 5.74) is 0.575. The van der Waals surface area contributed by atoms with Gasteiger partial charge >= 0.3 is 0 Å². The van der Waals surface area contributed by atoms with Crippen molar-refractivity contribution in [3.8, 4) is 12.1 Å². The Morgan fingerprint density at radius 3 is 1.89 bits per heavy atom. The molecule has 0 unspecified atom stereocenters. The summed E-state index contributed by atoms with van der Waals surface area (Å²) in [5, 5.41) is 20.7. The summed E-state index contributed by atoms with van der Waals surface area (Å²) in [5.74, 6) is -4.24. The largest absolute Gasteiger partial charge is 0.294 e. The Labute approximate surface area is 114 Å². The SMILES string of the molecule is N#C[C@@H]1C(=O)NC(=O)[C@@H](C#N)C1c1ccc(Cl)cc1. The lowest BCUT2D eigenvalue weighted by Crippen LogP contribution is -2.49. The molecule has 0 radical (unpaired) electrons. The number of nitrogens with zero attached hydrogens (tertiary/aromatic N) is 2. The molecule has 2 rings (SSSR count). The highest BCUT2D eigenvalue weighted by Gasteiger charge is 2.45. The summed E-state index contributed by atoms with van der Waals surface area (Å²) < 4.78 is 0. The van der Waals surface area contributed by atoms with E-state index in [1.54, 1.807) is 24.3 Å². The molecule has 1 aromatic carbocycles. The number of halogens is 1. The molecule has 6 heteroatoms. The fourth-order valence-electron chi connectivity index (χ4n) is 2.14. The summed E-state index contributed by atoms with van der Waals surface area (Å²) in [6.45, 7) is 0. The van der Waals surface area contributed by atoms with E-state index in [4.69, 9.17) is 22.1 Å². The number of hydrogen-bond donors (Lipinski definition) is 1. The Hall–Kier alpha value is -2.37. The number of carbonyl (C=O) groups excluding carboxylic acids is 2. The Morgan fingerprint density at radius 1 is 1.00 bits per heavy atom. The van der Waals surface area contributed by atoms with E-state index in [1.165, 1.54) is 0 Å². The zero-order valence-electron chi connectivity index (χ0n) is 9.63. The van der Waals surface area contributed by atoms with Crippen molar-refractivity contribution in [1.82, 2.24) is 5.32 Å². The number of amides is 2. The molecule has 1 fully saturated rings. The molecule has 1 N–H and O–H groups in total. The van der Waals surface area contributed by atoms with Crippen LogP contribution in [0.15, 0.2) is 24.3 Å². The summed E-state index contributed by atoms with van der Waals surface area (Å²) in [7, 11) is 0. The van der Waals surface area contributed by atoms with Crippen LogP contribution in [0.3, 0.4) is 0 Å². The third-order valence-corrected chi connectivity index (χ3v) is 3.31. The van der Waals surface area contributed by atoms with Gasteiger partial charge in [-0.15, -0.1) is 0 Å². The van der Waals surface area contributed by atoms with Crippen LogP contribution in [-0.4, -0.2) is 11.8 Å². The van der Waals surface area contributed by atoms with Crippen LogP contribution in [0.5, 0.6) is 0 Å². The maximum Gasteiger partial charge on any atom is 0.244 e. The molecule has 5 nitrogen and oxygen atoms in total. The van der Waals surface area contributed by atoms with Crippen molar-refractivity contribution in [3.63, 3.8) is 0 Å². The van der Waals surface area contributed by atoms with Gasteiger partial charge in [0.2, 0.25) is 11.8 Å². The maximum atomic E-state index is 11.7. The van der Waals surface area contributed by atoms with E-state index >= 15 is 0 Å². The van der Waals surface area contributed by atoms with Gasteiger partial charge in [0.05, 0.1) is 12.1 Å². The molecule has 1 aliphatic rings. The predicted octanol–water partition coefficient (Wildman–Crippen LogP) is 1.36. The second-order valence-electron chi connectivity index (χ2n) is 4.14. The predicted molar refractivity (Wildman–Crippen MR) is 65.5 cm³/mol. The van der Waals surface area contributed by atoms with E-state index in [2.05, 4.69) is 0 Å². The van der Waals surface area contributed by atoms with Gasteiger partial charge in [-0.1, -0.05) is 23.7 Å². The van der Waals surface area contributed by atoms with Crippen LogP contribution in [-0.2, 0) is 9.59 Å². The molecule has 1 aromatic rings. The van der Waals surface area contributed by atoms with Gasteiger partial charge < -0.3 is 0 Å². The van der Waals surface area contributed by atoms with Gasteiger partial charge in [-0.05, 0) is 17.7 Å². The van der Waals surface area contributed by atoms with Crippen molar-refractivity contribution in [3.05, 3.63) is 34.9 Å². The molecule has 0 aromatic heterocycles. The van der Waals surface area contributed by atoms with Gasteiger partial charge in [0.15, 0.2) is 0 Å². The summed E-state index contributed by atoms with van der Waals surface area (Å²) in [6.07, 6.45) is 0. The molecule has 2 amide bonds. The minimum Gasteiger partial charge on any atom is -0.294 e. The fourth-order valence-corrected chi connectivity index (χ4v) is 2.27. The number of imide groups is 1. The first-order chi connectivity index (χ1) is 9.08. The second kappa shape index (κ2) is 5.09. The van der Waals surface area contributed by atoms with Crippen molar-refractivity contribution in [1.29, 1.82) is 10.5 Å². The van der Waals surface area contributed by atoms with E-state index in [0.29, 0.717) is 10.6 Å². The Balaban J connectivity index is 2.50. The molecule has 2 atom stereocenters. The Morgan fingerprint density at radius 2 is 1.47 bits per heavy atom. The van der Waals surface area contributed by atoms with Crippen LogP contribution in [0.4, 0.5) is 0 Å². The number of carbonyl (C=O) groups is 2. The quantitative estimate of drug-likeness (QED) is 0.782. The summed E-state index contributed by atoms with van der Waals surface area (Å²) in [6, 6.07) is 10.1. The van der Waals surface area contributed by atoms with Crippen molar-refractivity contribution < 1.29 is 9.59 Å². The Kier molecular flexibility index (Phi) is 3.50. The molecule has 94 valence electrons. The van der Waals surface area contributed by atoms with Gasteiger partial charge in [0.25, 0.3) is 0 Å². The monoisotopic (exact) mass is 273 g/mol. The Bertz CT molecular complexity index is 580. The summed E-state index contributed by atoms with van der Waals surface area (Å²) >= 11 is 5.77. The lowest BCUT2D eigenvalue weighted by atomic mass is 9.74. The standard InChI is InChI=1S/C13H8ClN3O2/c14-8-3-1-7(2-4-8)11-9(5-15)12(18)17-13(19)10(11)6-16/h1-4,9-11H,(H,17,18,19)/t9-,10-/m0/s1. The number of rotatable bonds is 1. The molecule has 0 spiro atoms. The smallest absolute Gasteiger partial charge is 0.244 e. The van der Waals surface area contributed by atoms with Crippen molar-refractivity contribution in [2.75, 3.05) is 0 Å². The molecule has 0 aliphatic carbocycles. The minimum atomic E-state index is -1.07. The zero-order valence-corrected chi connectivity index (χ0v) is 10.4. The first-order valence-electron chi connectivity index (χ1n) is 5.48. The topological polar surface area (TPSA) is 93.8 Å². The van der Waals surface area contributed by atoms with E-state index in [-0.39, 0.29) is 0 Å². The van der Waals surface area contributed by atoms with Gasteiger partial charge in [0.1, 0.15) is 11.8 Å². The maximum absolute atomic E-state index is 11.7. The fraction of sp³-hybridized carbons (Fsp3) is 0.231. The zero-order chi connectivity index (χ0) is 14.0. The van der Waals surface area contributed by atoms with E-state index in [1.807, 2.05) is 17.5 Å². The van der Waals surface area contributed by atoms with Gasteiger partial charge in [0, 0.05) is 10.9 Å². The van der Waals surface area contributed by atoms with Crippen LogP contribution in [0.25, 0.3) is 0 Å². The third-order valence-electron chi connectivity index (χ3n) is 3.06. The molecule has 0 bridgehead atoms. The second-order valence-corrected chi connectivity index (χ2v) is 4.58. The number of nitriles is 2. The van der Waals surface area contributed by atoms with Crippen LogP contribution in [0, 0.1) is 34.5 Å². The first-order valence-corrected chi connectivity index (χ1v) is 5.85. The van der Waals surface area contributed by atoms with E-state index in [9.17, 15) is 9.59 Å². The normalized spacial score (nSPS) is 23.3.